The van der Waals surface area contributed by atoms with Crippen molar-refractivity contribution in [2.45, 2.75) is 24.5 Å². The maximum atomic E-state index is 12.8. The summed E-state index contributed by atoms with van der Waals surface area (Å²) in [4.78, 5) is 14.4. The van der Waals surface area contributed by atoms with Gasteiger partial charge in [0.2, 0.25) is 15.8 Å². The minimum atomic E-state index is -3.48. The van der Waals surface area contributed by atoms with Crippen LogP contribution in [0.25, 0.3) is 0 Å². The average Bonchev–Trinajstić information content (AvgIpc) is 2.68. The van der Waals surface area contributed by atoms with Crippen molar-refractivity contribution in [3.63, 3.8) is 0 Å². The lowest BCUT2D eigenvalue weighted by Gasteiger charge is -2.31. The number of ether oxygens (including phenoxy) is 1. The molecule has 1 aliphatic heterocycles. The molecule has 2 aromatic rings. The van der Waals surface area contributed by atoms with Crippen molar-refractivity contribution in [3.05, 3.63) is 51.7 Å². The van der Waals surface area contributed by atoms with E-state index >= 15 is 0 Å². The molecule has 29 heavy (non-hydrogen) atoms. The highest BCUT2D eigenvalue weighted by Crippen LogP contribution is 2.38. The average molecular weight is 421 g/mol. The van der Waals surface area contributed by atoms with Crippen molar-refractivity contribution in [1.82, 2.24) is 9.29 Å². The van der Waals surface area contributed by atoms with Crippen molar-refractivity contribution in [1.29, 1.82) is 0 Å². The van der Waals surface area contributed by atoms with E-state index in [1.807, 2.05) is 0 Å². The Hall–Kier alpha value is -2.92. The van der Waals surface area contributed by atoms with Gasteiger partial charge in [-0.2, -0.15) is 0 Å². The van der Waals surface area contributed by atoms with Gasteiger partial charge in [0.1, 0.15) is 11.4 Å². The number of nitrogens with two attached hydrogens (primary N) is 2. The molecule has 0 spiro atoms. The highest BCUT2D eigenvalue weighted by Gasteiger charge is 2.32. The van der Waals surface area contributed by atoms with Crippen LogP contribution in [-0.4, -0.2) is 42.8 Å². The number of rotatable bonds is 6. The molecule has 2 heterocycles. The fraction of sp³-hybridized carbons (Fsp3) is 0.389. The molecule has 1 aromatic carbocycles. The van der Waals surface area contributed by atoms with Crippen LogP contribution in [0.3, 0.4) is 0 Å². The maximum absolute atomic E-state index is 12.8. The highest BCUT2D eigenvalue weighted by atomic mass is 32.2. The van der Waals surface area contributed by atoms with E-state index in [2.05, 4.69) is 4.98 Å². The van der Waals surface area contributed by atoms with Crippen LogP contribution in [-0.2, 0) is 15.8 Å². The van der Waals surface area contributed by atoms with Gasteiger partial charge in [0.05, 0.1) is 17.8 Å². The first-order chi connectivity index (χ1) is 13.7. The first-order valence-corrected chi connectivity index (χ1v) is 10.6. The summed E-state index contributed by atoms with van der Waals surface area (Å²) >= 11 is 0. The third-order valence-corrected chi connectivity index (χ3v) is 6.98. The Morgan fingerprint density at radius 2 is 1.86 bits per heavy atom. The molecule has 156 valence electrons. The summed E-state index contributed by atoms with van der Waals surface area (Å²) in [6.45, 7) is 0.613. The minimum absolute atomic E-state index is 0.00189. The first-order valence-electron chi connectivity index (χ1n) is 9.02. The first kappa shape index (κ1) is 20.8. The summed E-state index contributed by atoms with van der Waals surface area (Å²) in [5.41, 5.74) is 12.3. The van der Waals surface area contributed by atoms with Gasteiger partial charge in [0, 0.05) is 24.8 Å². The minimum Gasteiger partial charge on any atom is -0.497 e. The predicted molar refractivity (Wildman–Crippen MR) is 109 cm³/mol. The number of piperidine rings is 1. The summed E-state index contributed by atoms with van der Waals surface area (Å²) < 4.78 is 32.1. The highest BCUT2D eigenvalue weighted by molar-refractivity contribution is 7.88. The molecule has 0 unspecified atom stereocenters. The van der Waals surface area contributed by atoms with Crippen molar-refractivity contribution in [3.8, 4) is 5.75 Å². The largest absolute Gasteiger partial charge is 0.497 e. The smallest absolute Gasteiger partial charge is 0.334 e. The predicted octanol–water partition coefficient (Wildman–Crippen LogP) is 1.87. The molecule has 3 rings (SSSR count). The number of pyridine rings is 1. The standard InChI is InChI=1S/C18H23N5O5S/c1-28-14-4-2-12(3-5-14)11-29(26,27)22-8-6-13(7-9-22)15-10-21-18(20)17(16(15)19)23(24)25/h2-5,10,13H,6-9,11H2,1H3,(H4,19,20,21). The van der Waals surface area contributed by atoms with E-state index in [1.54, 1.807) is 31.4 Å². The molecule has 0 saturated carbocycles. The van der Waals surface area contributed by atoms with Gasteiger partial charge in [-0.15, -0.1) is 0 Å². The topological polar surface area (TPSA) is 155 Å². The normalized spacial score (nSPS) is 15.9. The summed E-state index contributed by atoms with van der Waals surface area (Å²) in [7, 11) is -1.93. The van der Waals surface area contributed by atoms with Gasteiger partial charge in [-0.25, -0.2) is 17.7 Å². The van der Waals surface area contributed by atoms with Crippen molar-refractivity contribution in [2.75, 3.05) is 31.7 Å². The molecule has 1 aliphatic rings. The molecule has 4 N–H and O–H groups in total. The summed E-state index contributed by atoms with van der Waals surface area (Å²) in [6, 6.07) is 6.90. The van der Waals surface area contributed by atoms with Crippen LogP contribution in [0.15, 0.2) is 30.5 Å². The molecule has 0 aliphatic carbocycles. The second-order valence-corrected chi connectivity index (χ2v) is 8.86. The molecule has 1 fully saturated rings. The Balaban J connectivity index is 1.70. The number of aromatic nitrogens is 1. The Morgan fingerprint density at radius 3 is 2.41 bits per heavy atom. The maximum Gasteiger partial charge on any atom is 0.334 e. The molecule has 0 atom stereocenters. The third kappa shape index (κ3) is 4.40. The zero-order chi connectivity index (χ0) is 21.2. The lowest BCUT2D eigenvalue weighted by atomic mass is 9.90. The zero-order valence-corrected chi connectivity index (χ0v) is 16.8. The van der Waals surface area contributed by atoms with E-state index in [9.17, 15) is 18.5 Å². The number of hydrogen-bond acceptors (Lipinski definition) is 8. The van der Waals surface area contributed by atoms with E-state index in [0.29, 0.717) is 42.8 Å². The fourth-order valence-corrected chi connectivity index (χ4v) is 5.09. The molecule has 1 saturated heterocycles. The molecule has 0 amide bonds. The number of benzene rings is 1. The van der Waals surface area contributed by atoms with Gasteiger partial charge in [-0.1, -0.05) is 12.1 Å². The SMILES string of the molecule is COc1ccc(CS(=O)(=O)N2CCC(c3cnc(N)c([N+](=O)[O-])c3N)CC2)cc1. The second kappa shape index (κ2) is 8.21. The van der Waals surface area contributed by atoms with Gasteiger partial charge in [0.15, 0.2) is 0 Å². The Bertz CT molecular complexity index is 1000. The van der Waals surface area contributed by atoms with Crippen LogP contribution in [0, 0.1) is 10.1 Å². The molecule has 10 nitrogen and oxygen atoms in total. The van der Waals surface area contributed by atoms with E-state index in [-0.39, 0.29) is 23.2 Å². The van der Waals surface area contributed by atoms with Crippen molar-refractivity contribution < 1.29 is 18.1 Å². The number of hydrogen-bond donors (Lipinski definition) is 2. The lowest BCUT2D eigenvalue weighted by molar-refractivity contribution is -0.383. The van der Waals surface area contributed by atoms with E-state index in [4.69, 9.17) is 16.2 Å². The summed E-state index contributed by atoms with van der Waals surface area (Å²) in [5, 5.41) is 11.2. The van der Waals surface area contributed by atoms with E-state index < -0.39 is 20.6 Å². The zero-order valence-electron chi connectivity index (χ0n) is 15.9. The number of methoxy groups -OCH3 is 1. The molecule has 0 bridgehead atoms. The van der Waals surface area contributed by atoms with Crippen LogP contribution < -0.4 is 16.2 Å². The molecule has 0 radical (unpaired) electrons. The van der Waals surface area contributed by atoms with Crippen LogP contribution in [0.5, 0.6) is 5.75 Å². The molecular weight excluding hydrogens is 398 g/mol. The Kier molecular flexibility index (Phi) is 5.89. The van der Waals surface area contributed by atoms with Crippen LogP contribution >= 0.6 is 0 Å². The van der Waals surface area contributed by atoms with Crippen LogP contribution in [0.4, 0.5) is 17.2 Å². The quantitative estimate of drug-likeness (QED) is 0.529. The Morgan fingerprint density at radius 1 is 1.24 bits per heavy atom. The third-order valence-electron chi connectivity index (χ3n) is 5.13. The van der Waals surface area contributed by atoms with Gasteiger partial charge in [-0.05, 0) is 36.5 Å². The summed E-state index contributed by atoms with van der Waals surface area (Å²) in [6.07, 6.45) is 2.44. The van der Waals surface area contributed by atoms with Gasteiger partial charge in [-0.3, -0.25) is 10.1 Å². The lowest BCUT2D eigenvalue weighted by Crippen LogP contribution is -2.38. The summed E-state index contributed by atoms with van der Waals surface area (Å²) in [5.74, 6) is 0.222. The van der Waals surface area contributed by atoms with Gasteiger partial charge in [0.25, 0.3) is 0 Å². The number of sulfonamides is 1. The van der Waals surface area contributed by atoms with Crippen LogP contribution in [0.2, 0.25) is 0 Å². The molecule has 11 heteroatoms. The molecule has 1 aromatic heterocycles. The van der Waals surface area contributed by atoms with Crippen molar-refractivity contribution in [2.24, 2.45) is 0 Å². The van der Waals surface area contributed by atoms with Gasteiger partial charge >= 0.3 is 5.69 Å². The number of nitrogens with zero attached hydrogens (tertiary/aromatic N) is 3. The van der Waals surface area contributed by atoms with Crippen molar-refractivity contribution >= 4 is 27.2 Å². The van der Waals surface area contributed by atoms with Crippen LogP contribution in [0.1, 0.15) is 29.9 Å². The van der Waals surface area contributed by atoms with Gasteiger partial charge < -0.3 is 16.2 Å². The van der Waals surface area contributed by atoms with E-state index in [0.717, 1.165) is 0 Å². The number of nitrogen functional groups attached to an aromatic ring is 2. The molecular formula is C18H23N5O5S. The number of anilines is 2. The fourth-order valence-electron chi connectivity index (χ4n) is 3.53. The monoisotopic (exact) mass is 421 g/mol. The number of nitro groups is 1. The Labute approximate surface area is 168 Å². The second-order valence-electron chi connectivity index (χ2n) is 6.90. The van der Waals surface area contributed by atoms with E-state index in [1.165, 1.54) is 10.5 Å².